The number of amides is 1. The number of aryl methyl sites for hydroxylation is 2. The van der Waals surface area contributed by atoms with Crippen molar-refractivity contribution >= 4 is 5.91 Å². The van der Waals surface area contributed by atoms with Gasteiger partial charge in [-0.3, -0.25) is 9.48 Å². The quantitative estimate of drug-likeness (QED) is 0.803. The maximum atomic E-state index is 12.0. The van der Waals surface area contributed by atoms with Crippen LogP contribution in [-0.4, -0.2) is 55.6 Å². The number of carbonyl (C=O) groups is 1. The zero-order valence-electron chi connectivity index (χ0n) is 11.4. The van der Waals surface area contributed by atoms with Gasteiger partial charge in [-0.1, -0.05) is 0 Å². The van der Waals surface area contributed by atoms with E-state index in [1.165, 1.54) is 0 Å². The van der Waals surface area contributed by atoms with Crippen LogP contribution in [0.3, 0.4) is 0 Å². The molecular formula is C13H21N3O3. The third-order valence-electron chi connectivity index (χ3n) is 3.68. The number of likely N-dealkylation sites (tertiary alicyclic amines) is 1. The van der Waals surface area contributed by atoms with Crippen molar-refractivity contribution in [3.05, 3.63) is 18.0 Å². The van der Waals surface area contributed by atoms with E-state index in [9.17, 15) is 15.0 Å². The smallest absolute Gasteiger partial charge is 0.224 e. The lowest BCUT2D eigenvalue weighted by atomic mass is 9.90. The first-order chi connectivity index (χ1) is 8.88. The number of nitrogens with zero attached hydrogens (tertiary/aromatic N) is 3. The van der Waals surface area contributed by atoms with Gasteiger partial charge in [0.1, 0.15) is 0 Å². The summed E-state index contributed by atoms with van der Waals surface area (Å²) >= 11 is 0. The first-order valence-corrected chi connectivity index (χ1v) is 6.57. The number of hydrogen-bond acceptors (Lipinski definition) is 4. The van der Waals surface area contributed by atoms with Gasteiger partial charge in [0.25, 0.3) is 0 Å². The van der Waals surface area contributed by atoms with E-state index in [2.05, 4.69) is 5.10 Å². The number of aliphatic hydroxyl groups is 2. The number of aliphatic hydroxyl groups excluding tert-OH is 1. The summed E-state index contributed by atoms with van der Waals surface area (Å²) < 4.78 is 1.74. The van der Waals surface area contributed by atoms with E-state index in [4.69, 9.17) is 0 Å². The summed E-state index contributed by atoms with van der Waals surface area (Å²) in [6.45, 7) is 4.73. The van der Waals surface area contributed by atoms with Gasteiger partial charge in [-0.15, -0.1) is 0 Å². The maximum Gasteiger partial charge on any atom is 0.224 e. The van der Waals surface area contributed by atoms with Crippen LogP contribution in [0.2, 0.25) is 0 Å². The Labute approximate surface area is 112 Å². The maximum absolute atomic E-state index is 12.0. The van der Waals surface area contributed by atoms with Crippen LogP contribution in [0.1, 0.15) is 25.5 Å². The van der Waals surface area contributed by atoms with E-state index in [0.29, 0.717) is 25.9 Å². The SMILES string of the molecule is Cc1ccn(CCC(=O)N2CC[C@](C)(O)[C@@H](O)C2)n1. The molecule has 1 aromatic heterocycles. The second kappa shape index (κ2) is 5.30. The summed E-state index contributed by atoms with van der Waals surface area (Å²) in [4.78, 5) is 13.6. The molecule has 1 aromatic rings. The molecule has 1 amide bonds. The summed E-state index contributed by atoms with van der Waals surface area (Å²) in [6.07, 6.45) is 1.73. The molecule has 2 atom stereocenters. The molecule has 106 valence electrons. The van der Waals surface area contributed by atoms with Gasteiger partial charge < -0.3 is 15.1 Å². The second-order valence-corrected chi connectivity index (χ2v) is 5.43. The molecule has 1 aliphatic heterocycles. The molecule has 2 rings (SSSR count). The van der Waals surface area contributed by atoms with Crippen LogP contribution in [0.25, 0.3) is 0 Å². The average Bonchev–Trinajstić information content (AvgIpc) is 2.76. The first kappa shape index (κ1) is 14.0. The van der Waals surface area contributed by atoms with Gasteiger partial charge in [-0.05, 0) is 26.3 Å². The lowest BCUT2D eigenvalue weighted by Crippen LogP contribution is -2.55. The molecule has 1 fully saturated rings. The molecule has 6 nitrogen and oxygen atoms in total. The summed E-state index contributed by atoms with van der Waals surface area (Å²) in [5.74, 6) is -0.0114. The highest BCUT2D eigenvalue weighted by Gasteiger charge is 2.37. The van der Waals surface area contributed by atoms with Crippen molar-refractivity contribution in [3.8, 4) is 0 Å². The molecule has 2 N–H and O–H groups in total. The van der Waals surface area contributed by atoms with Crippen LogP contribution in [0.4, 0.5) is 0 Å². The van der Waals surface area contributed by atoms with Gasteiger partial charge >= 0.3 is 0 Å². The lowest BCUT2D eigenvalue weighted by molar-refractivity contribution is -0.146. The summed E-state index contributed by atoms with van der Waals surface area (Å²) in [7, 11) is 0. The van der Waals surface area contributed by atoms with Gasteiger partial charge in [0.2, 0.25) is 5.91 Å². The highest BCUT2D eigenvalue weighted by Crippen LogP contribution is 2.22. The van der Waals surface area contributed by atoms with Crippen molar-refractivity contribution in [2.45, 2.75) is 44.9 Å². The van der Waals surface area contributed by atoms with Crippen molar-refractivity contribution < 1.29 is 15.0 Å². The molecule has 1 aliphatic rings. The van der Waals surface area contributed by atoms with Crippen LogP contribution in [0.5, 0.6) is 0 Å². The Kier molecular flexibility index (Phi) is 3.91. The first-order valence-electron chi connectivity index (χ1n) is 6.57. The highest BCUT2D eigenvalue weighted by molar-refractivity contribution is 5.76. The molecule has 1 saturated heterocycles. The monoisotopic (exact) mass is 267 g/mol. The second-order valence-electron chi connectivity index (χ2n) is 5.43. The summed E-state index contributed by atoms with van der Waals surface area (Å²) in [5.41, 5.74) is -0.160. The van der Waals surface area contributed by atoms with E-state index < -0.39 is 11.7 Å². The van der Waals surface area contributed by atoms with Crippen LogP contribution < -0.4 is 0 Å². The fourth-order valence-corrected chi connectivity index (χ4v) is 2.21. The van der Waals surface area contributed by atoms with Crippen molar-refractivity contribution in [1.29, 1.82) is 0 Å². The van der Waals surface area contributed by atoms with E-state index in [0.717, 1.165) is 5.69 Å². The van der Waals surface area contributed by atoms with Crippen molar-refractivity contribution in [3.63, 3.8) is 0 Å². The normalized spacial score (nSPS) is 27.6. The zero-order chi connectivity index (χ0) is 14.0. The van der Waals surface area contributed by atoms with E-state index >= 15 is 0 Å². The molecule has 0 unspecified atom stereocenters. The molecule has 0 aliphatic carbocycles. The third kappa shape index (κ3) is 3.33. The van der Waals surface area contributed by atoms with Gasteiger partial charge in [-0.25, -0.2) is 0 Å². The number of rotatable bonds is 3. The number of carbonyl (C=O) groups excluding carboxylic acids is 1. The molecule has 2 heterocycles. The van der Waals surface area contributed by atoms with Crippen molar-refractivity contribution in [2.75, 3.05) is 13.1 Å². The molecular weight excluding hydrogens is 246 g/mol. The Balaban J connectivity index is 1.84. The lowest BCUT2D eigenvalue weighted by Gasteiger charge is -2.39. The highest BCUT2D eigenvalue weighted by atomic mass is 16.3. The van der Waals surface area contributed by atoms with Gasteiger partial charge in [0.15, 0.2) is 0 Å². The van der Waals surface area contributed by atoms with Crippen molar-refractivity contribution in [2.24, 2.45) is 0 Å². The Morgan fingerprint density at radius 3 is 2.95 bits per heavy atom. The summed E-state index contributed by atoms with van der Waals surface area (Å²) in [6, 6.07) is 1.90. The zero-order valence-corrected chi connectivity index (χ0v) is 11.4. The Bertz CT molecular complexity index is 456. The molecule has 0 bridgehead atoms. The molecule has 0 spiro atoms. The van der Waals surface area contributed by atoms with Crippen LogP contribution in [-0.2, 0) is 11.3 Å². The Hall–Kier alpha value is -1.40. The van der Waals surface area contributed by atoms with Gasteiger partial charge in [0.05, 0.1) is 17.4 Å². The molecule has 0 aromatic carbocycles. The fraction of sp³-hybridized carbons (Fsp3) is 0.692. The predicted octanol–water partition coefficient (Wildman–Crippen LogP) is -0.0742. The van der Waals surface area contributed by atoms with Crippen LogP contribution in [0, 0.1) is 6.92 Å². The number of piperidine rings is 1. The topological polar surface area (TPSA) is 78.6 Å². The standard InChI is InChI=1S/C13H21N3O3/c1-10-3-6-16(14-10)7-4-12(18)15-8-5-13(2,19)11(17)9-15/h3,6,11,17,19H,4-5,7-9H2,1-2H3/t11-,13-/m0/s1. The third-order valence-corrected chi connectivity index (χ3v) is 3.68. The van der Waals surface area contributed by atoms with Gasteiger partial charge in [0, 0.05) is 32.3 Å². The Morgan fingerprint density at radius 2 is 2.37 bits per heavy atom. The molecule has 0 radical (unpaired) electrons. The summed E-state index contributed by atoms with van der Waals surface area (Å²) in [5, 5.41) is 23.9. The van der Waals surface area contributed by atoms with Crippen molar-refractivity contribution in [1.82, 2.24) is 14.7 Å². The number of hydrogen-bond donors (Lipinski definition) is 2. The van der Waals surface area contributed by atoms with E-state index in [1.54, 1.807) is 16.5 Å². The van der Waals surface area contributed by atoms with E-state index in [-0.39, 0.29) is 12.5 Å². The van der Waals surface area contributed by atoms with Gasteiger partial charge in [-0.2, -0.15) is 5.10 Å². The van der Waals surface area contributed by atoms with Crippen LogP contribution >= 0.6 is 0 Å². The largest absolute Gasteiger partial charge is 0.388 e. The molecule has 0 saturated carbocycles. The molecule has 19 heavy (non-hydrogen) atoms. The minimum absolute atomic E-state index is 0.0114. The average molecular weight is 267 g/mol. The predicted molar refractivity (Wildman–Crippen MR) is 69.4 cm³/mol. The minimum Gasteiger partial charge on any atom is -0.388 e. The fourth-order valence-electron chi connectivity index (χ4n) is 2.21. The van der Waals surface area contributed by atoms with Crippen LogP contribution in [0.15, 0.2) is 12.3 Å². The van der Waals surface area contributed by atoms with E-state index in [1.807, 2.05) is 19.2 Å². The minimum atomic E-state index is -1.09. The number of aromatic nitrogens is 2. The molecule has 6 heteroatoms. The Morgan fingerprint density at radius 1 is 1.63 bits per heavy atom. The number of β-amino-alcohol motifs (C(OH)–C–C–N with tert-alkyl or cyclic N) is 1.